The fraction of sp³-hybridized carbons (Fsp3) is 0.360. The molecule has 0 fully saturated rings. The highest BCUT2D eigenvalue weighted by Gasteiger charge is 2.24. The van der Waals surface area contributed by atoms with Gasteiger partial charge in [-0.1, -0.05) is 13.8 Å². The first-order valence-corrected chi connectivity index (χ1v) is 12.2. The number of nitrogens with zero attached hydrogens (tertiary/aromatic N) is 1. The molecule has 36 heavy (non-hydrogen) atoms. The van der Waals surface area contributed by atoms with E-state index in [4.69, 9.17) is 18.9 Å². The van der Waals surface area contributed by atoms with Crippen molar-refractivity contribution in [3.05, 3.63) is 51.1 Å². The number of benzene rings is 2. The van der Waals surface area contributed by atoms with Crippen molar-refractivity contribution < 1.29 is 33.3 Å². The summed E-state index contributed by atoms with van der Waals surface area (Å²) in [4.78, 5) is 36.9. The van der Waals surface area contributed by atoms with Crippen molar-refractivity contribution in [3.63, 3.8) is 0 Å². The summed E-state index contributed by atoms with van der Waals surface area (Å²) >= 11 is 2.05. The van der Waals surface area contributed by atoms with Crippen LogP contribution in [0.2, 0.25) is 0 Å². The van der Waals surface area contributed by atoms with Gasteiger partial charge in [-0.05, 0) is 77.4 Å². The summed E-state index contributed by atoms with van der Waals surface area (Å²) in [6.45, 7) is 5.38. The molecule has 0 heterocycles. The average molecular weight is 611 g/mol. The van der Waals surface area contributed by atoms with Crippen LogP contribution >= 0.6 is 22.6 Å². The van der Waals surface area contributed by atoms with Gasteiger partial charge in [-0.2, -0.15) is 5.10 Å². The number of carbonyl (C=O) groups excluding carboxylic acids is 3. The Hall–Kier alpha value is -3.35. The lowest BCUT2D eigenvalue weighted by molar-refractivity contribution is -0.145. The van der Waals surface area contributed by atoms with Crippen LogP contribution in [0.1, 0.15) is 36.7 Å². The quantitative estimate of drug-likeness (QED) is 0.164. The molecule has 0 aliphatic rings. The minimum atomic E-state index is -0.801. The molecule has 0 spiro atoms. The molecule has 2 N–H and O–H groups in total. The predicted octanol–water partition coefficient (Wildman–Crippen LogP) is 3.16. The lowest BCUT2D eigenvalue weighted by Crippen LogP contribution is -2.48. The Morgan fingerprint density at radius 2 is 1.78 bits per heavy atom. The molecule has 1 atom stereocenters. The second kappa shape index (κ2) is 14.3. The summed E-state index contributed by atoms with van der Waals surface area (Å²) in [6, 6.07) is 9.20. The van der Waals surface area contributed by atoms with Crippen LogP contribution in [0.3, 0.4) is 0 Å². The summed E-state index contributed by atoms with van der Waals surface area (Å²) in [6.07, 6.45) is 1.44. The third kappa shape index (κ3) is 8.40. The Labute approximate surface area is 223 Å². The van der Waals surface area contributed by atoms with Crippen LogP contribution in [-0.4, -0.2) is 57.5 Å². The Morgan fingerprint density at radius 3 is 2.36 bits per heavy atom. The topological polar surface area (TPSA) is 125 Å². The number of hydrogen-bond donors (Lipinski definition) is 2. The van der Waals surface area contributed by atoms with Gasteiger partial charge in [0, 0.05) is 5.56 Å². The van der Waals surface area contributed by atoms with E-state index in [2.05, 4.69) is 15.8 Å². The lowest BCUT2D eigenvalue weighted by atomic mass is 10.0. The van der Waals surface area contributed by atoms with E-state index in [0.29, 0.717) is 31.9 Å². The molecule has 0 saturated heterocycles. The van der Waals surface area contributed by atoms with E-state index in [9.17, 15) is 14.4 Å². The standard InChI is InChI=1S/C25H30IN3O7/c1-6-35-21(30)14-36-23-19(26)11-16(12-20(23)34-5)13-27-29-25(32)22(15(2)3)28-24(31)17-7-9-18(33-4)10-8-17/h7-13,15,22H,6,14H2,1-5H3,(H,28,31)(H,29,32). The molecule has 1 unspecified atom stereocenters. The molecule has 2 rings (SSSR count). The number of hydrazone groups is 1. The number of esters is 1. The molecule has 0 aliphatic carbocycles. The number of ether oxygens (including phenoxy) is 4. The maximum absolute atomic E-state index is 12.7. The van der Waals surface area contributed by atoms with Crippen LogP contribution < -0.4 is 25.0 Å². The van der Waals surface area contributed by atoms with Gasteiger partial charge in [-0.15, -0.1) is 0 Å². The molecule has 10 nitrogen and oxygen atoms in total. The second-order valence-electron chi connectivity index (χ2n) is 7.79. The summed E-state index contributed by atoms with van der Waals surface area (Å²) in [5.74, 6) is -0.0859. The van der Waals surface area contributed by atoms with Crippen molar-refractivity contribution in [1.82, 2.24) is 10.7 Å². The molecule has 0 bridgehead atoms. The molecule has 2 amide bonds. The summed E-state index contributed by atoms with van der Waals surface area (Å²) < 4.78 is 21.6. The molecule has 194 valence electrons. The molecule has 2 aromatic rings. The smallest absolute Gasteiger partial charge is 0.344 e. The van der Waals surface area contributed by atoms with Crippen molar-refractivity contribution >= 4 is 46.6 Å². The van der Waals surface area contributed by atoms with Gasteiger partial charge in [0.15, 0.2) is 18.1 Å². The van der Waals surface area contributed by atoms with Crippen LogP contribution in [0, 0.1) is 9.49 Å². The molecule has 0 radical (unpaired) electrons. The number of rotatable bonds is 12. The molecule has 0 aromatic heterocycles. The van der Waals surface area contributed by atoms with Gasteiger partial charge in [-0.25, -0.2) is 10.2 Å². The number of hydrogen-bond acceptors (Lipinski definition) is 8. The highest BCUT2D eigenvalue weighted by molar-refractivity contribution is 14.1. The Morgan fingerprint density at radius 1 is 1.08 bits per heavy atom. The van der Waals surface area contributed by atoms with E-state index < -0.39 is 17.9 Å². The Balaban J connectivity index is 2.05. The number of nitrogens with one attached hydrogen (secondary N) is 2. The highest BCUT2D eigenvalue weighted by Crippen LogP contribution is 2.33. The van der Waals surface area contributed by atoms with E-state index in [1.54, 1.807) is 50.4 Å². The summed E-state index contributed by atoms with van der Waals surface area (Å²) in [5.41, 5.74) is 3.51. The zero-order valence-electron chi connectivity index (χ0n) is 20.8. The third-order valence-electron chi connectivity index (χ3n) is 4.87. The van der Waals surface area contributed by atoms with Gasteiger partial charge >= 0.3 is 5.97 Å². The molecule has 2 aromatic carbocycles. The zero-order valence-corrected chi connectivity index (χ0v) is 23.0. The van der Waals surface area contributed by atoms with E-state index in [0.717, 1.165) is 0 Å². The van der Waals surface area contributed by atoms with Gasteiger partial charge in [0.2, 0.25) is 0 Å². The first kappa shape index (κ1) is 28.9. The highest BCUT2D eigenvalue weighted by atomic mass is 127. The Kier molecular flexibility index (Phi) is 11.4. The minimum Gasteiger partial charge on any atom is -0.497 e. The van der Waals surface area contributed by atoms with Gasteiger partial charge in [0.1, 0.15) is 11.8 Å². The molecular weight excluding hydrogens is 581 g/mol. The Bertz CT molecular complexity index is 1090. The van der Waals surface area contributed by atoms with E-state index >= 15 is 0 Å². The monoisotopic (exact) mass is 611 g/mol. The van der Waals surface area contributed by atoms with E-state index in [1.165, 1.54) is 13.3 Å². The van der Waals surface area contributed by atoms with Crippen LogP contribution in [0.25, 0.3) is 0 Å². The molecule has 11 heteroatoms. The number of methoxy groups -OCH3 is 2. The van der Waals surface area contributed by atoms with Crippen LogP contribution in [0.15, 0.2) is 41.5 Å². The van der Waals surface area contributed by atoms with Gasteiger partial charge in [-0.3, -0.25) is 9.59 Å². The summed E-state index contributed by atoms with van der Waals surface area (Å²) in [5, 5.41) is 6.77. The number of amides is 2. The first-order chi connectivity index (χ1) is 17.2. The summed E-state index contributed by atoms with van der Waals surface area (Å²) in [7, 11) is 3.02. The normalized spacial score (nSPS) is 11.6. The zero-order chi connectivity index (χ0) is 26.7. The first-order valence-electron chi connectivity index (χ1n) is 11.1. The largest absolute Gasteiger partial charge is 0.497 e. The van der Waals surface area contributed by atoms with Gasteiger partial charge < -0.3 is 24.3 Å². The van der Waals surface area contributed by atoms with Crippen molar-refractivity contribution in [2.75, 3.05) is 27.4 Å². The molecule has 0 aliphatic heterocycles. The number of carbonyl (C=O) groups is 3. The predicted molar refractivity (Wildman–Crippen MR) is 143 cm³/mol. The van der Waals surface area contributed by atoms with Crippen molar-refractivity contribution in [2.24, 2.45) is 11.0 Å². The maximum Gasteiger partial charge on any atom is 0.344 e. The van der Waals surface area contributed by atoms with Gasteiger partial charge in [0.05, 0.1) is 30.6 Å². The average Bonchev–Trinajstić information content (AvgIpc) is 2.86. The lowest BCUT2D eigenvalue weighted by Gasteiger charge is -2.20. The van der Waals surface area contributed by atoms with Crippen LogP contribution in [-0.2, 0) is 14.3 Å². The maximum atomic E-state index is 12.7. The fourth-order valence-electron chi connectivity index (χ4n) is 3.03. The third-order valence-corrected chi connectivity index (χ3v) is 5.67. The second-order valence-corrected chi connectivity index (χ2v) is 8.95. The van der Waals surface area contributed by atoms with E-state index in [1.807, 2.05) is 36.4 Å². The SMILES string of the molecule is CCOC(=O)COc1c(I)cc(C=NNC(=O)C(NC(=O)c2ccc(OC)cc2)C(C)C)cc1OC. The van der Waals surface area contributed by atoms with E-state index in [-0.39, 0.29) is 25.0 Å². The van der Waals surface area contributed by atoms with Crippen molar-refractivity contribution in [2.45, 2.75) is 26.8 Å². The number of halogens is 1. The fourth-order valence-corrected chi connectivity index (χ4v) is 3.81. The van der Waals surface area contributed by atoms with Crippen molar-refractivity contribution in [1.29, 1.82) is 0 Å². The molecule has 0 saturated carbocycles. The van der Waals surface area contributed by atoms with Crippen molar-refractivity contribution in [3.8, 4) is 17.2 Å². The van der Waals surface area contributed by atoms with Crippen LogP contribution in [0.5, 0.6) is 17.2 Å². The van der Waals surface area contributed by atoms with Gasteiger partial charge in [0.25, 0.3) is 11.8 Å². The van der Waals surface area contributed by atoms with Crippen LogP contribution in [0.4, 0.5) is 0 Å². The molecular formula is C25H30IN3O7. The minimum absolute atomic E-state index is 0.181.